The Balaban J connectivity index is 0. The maximum absolute atomic E-state index is 12.2. The number of hydrogen-bond donors (Lipinski definition) is 3. The van der Waals surface area contributed by atoms with Gasteiger partial charge < -0.3 is 21.3 Å². The Kier molecular flexibility index (Phi) is 26.2. The Morgan fingerprint density at radius 1 is 0.900 bits per heavy atom. The van der Waals surface area contributed by atoms with E-state index in [-0.39, 0.29) is 24.4 Å². The molecular weight excluding hydrogens is 500 g/mol. The second-order valence-corrected chi connectivity index (χ2v) is 8.81. The molecule has 1 unspecified atom stereocenters. The summed E-state index contributed by atoms with van der Waals surface area (Å²) in [5.41, 5.74) is 5.75. The van der Waals surface area contributed by atoms with Crippen LogP contribution in [0.15, 0.2) is 66.9 Å². The lowest BCUT2D eigenvalue weighted by atomic mass is 10.0. The topological polar surface area (TPSA) is 105 Å². The first-order valence-corrected chi connectivity index (χ1v) is 14.4. The monoisotopic (exact) mass is 554 g/mol. The van der Waals surface area contributed by atoms with E-state index >= 15 is 0 Å². The van der Waals surface area contributed by atoms with Crippen molar-refractivity contribution in [2.75, 3.05) is 20.1 Å². The molecule has 7 nitrogen and oxygen atoms in total. The van der Waals surface area contributed by atoms with Gasteiger partial charge in [-0.1, -0.05) is 74.5 Å². The third kappa shape index (κ3) is 19.6. The normalized spacial score (nSPS) is 10.8. The molecule has 1 atom stereocenters. The highest BCUT2D eigenvalue weighted by Crippen LogP contribution is 2.17. The van der Waals surface area contributed by atoms with Crippen molar-refractivity contribution in [3.8, 4) is 0 Å². The zero-order valence-electron chi connectivity index (χ0n) is 25.9. The zero-order valence-corrected chi connectivity index (χ0v) is 25.9. The number of unbranched alkanes of at least 4 members (excludes halogenated alkanes) is 1. The summed E-state index contributed by atoms with van der Waals surface area (Å²) in [6, 6.07) is 14.8. The second kappa shape index (κ2) is 27.1. The van der Waals surface area contributed by atoms with Gasteiger partial charge in [0, 0.05) is 19.0 Å². The van der Waals surface area contributed by atoms with Gasteiger partial charge in [-0.15, -0.1) is 0 Å². The van der Waals surface area contributed by atoms with Crippen LogP contribution in [0.4, 0.5) is 0 Å². The number of fused-ring (bicyclic) bond motifs is 1. The maximum atomic E-state index is 12.2. The van der Waals surface area contributed by atoms with Crippen molar-refractivity contribution in [1.82, 2.24) is 15.5 Å². The van der Waals surface area contributed by atoms with E-state index in [0.29, 0.717) is 19.4 Å². The molecular formula is C33H54N4O3. The van der Waals surface area contributed by atoms with Crippen molar-refractivity contribution in [2.45, 2.75) is 86.1 Å². The van der Waals surface area contributed by atoms with E-state index in [1.54, 1.807) is 12.3 Å². The minimum atomic E-state index is -0.209. The van der Waals surface area contributed by atoms with Crippen LogP contribution in [0.2, 0.25) is 0 Å². The number of amides is 3. The number of rotatable bonds is 14. The Morgan fingerprint density at radius 3 is 2.15 bits per heavy atom. The average molecular weight is 555 g/mol. The molecule has 0 aliphatic rings. The highest BCUT2D eigenvalue weighted by Gasteiger charge is 2.10. The van der Waals surface area contributed by atoms with Gasteiger partial charge in [-0.05, 0) is 89.4 Å². The van der Waals surface area contributed by atoms with Crippen LogP contribution in [0.25, 0.3) is 10.8 Å². The van der Waals surface area contributed by atoms with Crippen LogP contribution >= 0.6 is 0 Å². The molecule has 0 saturated carbocycles. The molecule has 40 heavy (non-hydrogen) atoms. The van der Waals surface area contributed by atoms with Gasteiger partial charge in [0.2, 0.25) is 18.2 Å². The predicted octanol–water partition coefficient (Wildman–Crippen LogP) is 6.13. The molecule has 0 aliphatic carbocycles. The van der Waals surface area contributed by atoms with Crippen molar-refractivity contribution in [2.24, 2.45) is 5.73 Å². The molecule has 4 N–H and O–H groups in total. The highest BCUT2D eigenvalue weighted by atomic mass is 16.2. The molecule has 2 aromatic rings. The molecule has 0 aromatic heterocycles. The molecule has 2 aromatic carbocycles. The molecule has 3 amide bonds. The fraction of sp³-hybridized carbons (Fsp3) is 0.485. The van der Waals surface area contributed by atoms with Gasteiger partial charge in [-0.3, -0.25) is 14.4 Å². The van der Waals surface area contributed by atoms with Gasteiger partial charge in [0.1, 0.15) is 0 Å². The fourth-order valence-electron chi connectivity index (χ4n) is 3.61. The molecule has 0 spiro atoms. The Bertz CT molecular complexity index is 985. The van der Waals surface area contributed by atoms with E-state index in [0.717, 1.165) is 32.1 Å². The van der Waals surface area contributed by atoms with Gasteiger partial charge in [-0.25, -0.2) is 0 Å². The number of aryl methyl sites for hydroxylation is 1. The zero-order chi connectivity index (χ0) is 30.6. The summed E-state index contributed by atoms with van der Waals surface area (Å²) in [7, 11) is 1.50. The van der Waals surface area contributed by atoms with Crippen LogP contribution < -0.4 is 16.4 Å². The number of benzene rings is 2. The Hall–Kier alpha value is -3.45. The van der Waals surface area contributed by atoms with Crippen LogP contribution in [0, 0.1) is 0 Å². The number of nitrogens with zero attached hydrogens (tertiary/aromatic N) is 1. The van der Waals surface area contributed by atoms with Gasteiger partial charge in [0.15, 0.2) is 0 Å². The van der Waals surface area contributed by atoms with Crippen LogP contribution in [0.3, 0.4) is 0 Å². The number of allylic oxidation sites excluding steroid dienone is 3. The summed E-state index contributed by atoms with van der Waals surface area (Å²) >= 11 is 0. The molecule has 0 aliphatic heterocycles. The summed E-state index contributed by atoms with van der Waals surface area (Å²) in [6.07, 6.45) is 12.7. The molecule has 2 rings (SSSR count). The first-order valence-electron chi connectivity index (χ1n) is 14.4. The van der Waals surface area contributed by atoms with E-state index in [1.807, 2.05) is 65.8 Å². The van der Waals surface area contributed by atoms with Crippen LogP contribution in [-0.4, -0.2) is 49.3 Å². The van der Waals surface area contributed by atoms with E-state index in [2.05, 4.69) is 46.7 Å². The quantitative estimate of drug-likeness (QED) is 0.148. The lowest BCUT2D eigenvalue weighted by molar-refractivity contribution is -0.127. The third-order valence-corrected chi connectivity index (χ3v) is 5.66. The SMILES string of the molecule is C/C=C/NC(=O)CN(C=O)CCCCC(C)NC(=O)CCCc1ccc2ccccc2c1.C/C=C\C.CC.CN. The molecule has 224 valence electrons. The third-order valence-electron chi connectivity index (χ3n) is 5.66. The lowest BCUT2D eigenvalue weighted by Crippen LogP contribution is -2.35. The number of nitrogens with two attached hydrogens (primary N) is 1. The maximum Gasteiger partial charge on any atom is 0.243 e. The van der Waals surface area contributed by atoms with Crippen LogP contribution in [0.1, 0.15) is 79.2 Å². The number of carbonyl (C=O) groups excluding carboxylic acids is 3. The molecule has 0 fully saturated rings. The van der Waals surface area contributed by atoms with Crippen LogP contribution in [0.5, 0.6) is 0 Å². The smallest absolute Gasteiger partial charge is 0.243 e. The van der Waals surface area contributed by atoms with Gasteiger partial charge in [0.25, 0.3) is 0 Å². The van der Waals surface area contributed by atoms with Gasteiger partial charge >= 0.3 is 0 Å². The standard InChI is InChI=1S/C26H35N3O3.C4H8.C2H6.CH5N/c1-3-16-27-26(32)19-29(20-30)17-7-6-9-21(2)28-25(31)13-8-10-22-14-15-23-11-4-5-12-24(23)18-22;1-3-4-2;2*1-2/h3-5,11-12,14-16,18,20-21H,6-10,13,17,19H2,1-2H3,(H,27,32)(H,28,31);3-4H,1-2H3;1-2H3;2H2,1H3/b16-3+;4-3-;;. The lowest BCUT2D eigenvalue weighted by Gasteiger charge is -2.17. The Labute approximate surface area is 243 Å². The summed E-state index contributed by atoms with van der Waals surface area (Å²) in [4.78, 5) is 36.5. The van der Waals surface area contributed by atoms with Crippen molar-refractivity contribution in [3.05, 3.63) is 72.5 Å². The highest BCUT2D eigenvalue weighted by molar-refractivity contribution is 5.83. The fourth-order valence-corrected chi connectivity index (χ4v) is 3.61. The second-order valence-electron chi connectivity index (χ2n) is 8.81. The van der Waals surface area contributed by atoms with Crippen molar-refractivity contribution >= 4 is 29.0 Å². The molecule has 0 radical (unpaired) electrons. The minimum absolute atomic E-state index is 0.0529. The molecule has 7 heteroatoms. The summed E-state index contributed by atoms with van der Waals surface area (Å²) in [5, 5.41) is 8.12. The largest absolute Gasteiger partial charge is 0.354 e. The minimum Gasteiger partial charge on any atom is -0.354 e. The molecule has 0 bridgehead atoms. The summed E-state index contributed by atoms with van der Waals surface area (Å²) in [6.45, 7) is 12.4. The van der Waals surface area contributed by atoms with Gasteiger partial charge in [-0.2, -0.15) is 0 Å². The van der Waals surface area contributed by atoms with E-state index in [4.69, 9.17) is 0 Å². The van der Waals surface area contributed by atoms with Crippen LogP contribution in [-0.2, 0) is 20.8 Å². The van der Waals surface area contributed by atoms with Crippen molar-refractivity contribution in [1.29, 1.82) is 0 Å². The first-order chi connectivity index (χ1) is 19.4. The first kappa shape index (κ1) is 38.7. The average Bonchev–Trinajstić information content (AvgIpc) is 2.99. The number of hydrogen-bond acceptors (Lipinski definition) is 4. The van der Waals surface area contributed by atoms with Crippen molar-refractivity contribution < 1.29 is 14.4 Å². The van der Waals surface area contributed by atoms with E-state index < -0.39 is 0 Å². The Morgan fingerprint density at radius 2 is 1.55 bits per heavy atom. The molecule has 0 heterocycles. The predicted molar refractivity (Wildman–Crippen MR) is 171 cm³/mol. The molecule has 0 saturated heterocycles. The van der Waals surface area contributed by atoms with Gasteiger partial charge in [0.05, 0.1) is 6.54 Å². The summed E-state index contributed by atoms with van der Waals surface area (Å²) < 4.78 is 0. The summed E-state index contributed by atoms with van der Waals surface area (Å²) in [5.74, 6) is -0.132. The number of carbonyl (C=O) groups is 3. The van der Waals surface area contributed by atoms with E-state index in [1.165, 1.54) is 28.3 Å². The van der Waals surface area contributed by atoms with Crippen molar-refractivity contribution in [3.63, 3.8) is 0 Å². The number of nitrogens with one attached hydrogen (secondary N) is 2. The van der Waals surface area contributed by atoms with E-state index in [9.17, 15) is 14.4 Å².